The van der Waals surface area contributed by atoms with Crippen LogP contribution in [0.3, 0.4) is 0 Å². The van der Waals surface area contributed by atoms with Crippen molar-refractivity contribution in [3.8, 4) is 0 Å². The molecule has 0 radical (unpaired) electrons. The summed E-state index contributed by atoms with van der Waals surface area (Å²) in [7, 11) is 0. The molecule has 0 saturated carbocycles. The zero-order valence-electron chi connectivity index (χ0n) is 13.9. The maximum atomic E-state index is 12.6. The lowest BCUT2D eigenvalue weighted by Crippen LogP contribution is -2.50. The molecule has 8 heteroatoms. The van der Waals surface area contributed by atoms with Crippen molar-refractivity contribution in [3.63, 3.8) is 0 Å². The van der Waals surface area contributed by atoms with E-state index in [2.05, 4.69) is 10.3 Å². The van der Waals surface area contributed by atoms with Crippen LogP contribution in [-0.4, -0.2) is 70.9 Å². The molecular weight excluding hydrogens is 326 g/mol. The second kappa shape index (κ2) is 8.39. The lowest BCUT2D eigenvalue weighted by atomic mass is 10.0. The Balaban J connectivity index is 1.70. The normalized spacial score (nSPS) is 20.7. The van der Waals surface area contributed by atoms with Gasteiger partial charge in [0.15, 0.2) is 0 Å². The molecule has 2 heterocycles. The standard InChI is InChI=1S/C17H23N3O5/c21-5-4-20-11-18-14-9-12(1-2-15(14)20)17(23)19-13-3-7-24-10-16(13)25-8-6-22/h1-2,9,11,13,16,21-22H,3-8,10H2,(H,19,23)/t13-,16-/m1/s1. The molecule has 0 bridgehead atoms. The number of fused-ring (bicyclic) bond motifs is 1. The maximum Gasteiger partial charge on any atom is 0.251 e. The van der Waals surface area contributed by atoms with E-state index in [1.165, 1.54) is 0 Å². The van der Waals surface area contributed by atoms with E-state index in [9.17, 15) is 4.79 Å². The number of amides is 1. The number of rotatable bonds is 7. The van der Waals surface area contributed by atoms with Crippen molar-refractivity contribution in [3.05, 3.63) is 30.1 Å². The van der Waals surface area contributed by atoms with E-state index < -0.39 is 0 Å². The van der Waals surface area contributed by atoms with Crippen LogP contribution in [0.15, 0.2) is 24.5 Å². The Bertz CT molecular complexity index is 717. The van der Waals surface area contributed by atoms with Crippen LogP contribution in [0, 0.1) is 0 Å². The minimum Gasteiger partial charge on any atom is -0.395 e. The Hall–Kier alpha value is -2.00. The Kier molecular flexibility index (Phi) is 5.98. The largest absolute Gasteiger partial charge is 0.395 e. The Morgan fingerprint density at radius 1 is 1.40 bits per heavy atom. The number of ether oxygens (including phenoxy) is 2. The summed E-state index contributed by atoms with van der Waals surface area (Å²) in [6.45, 7) is 1.61. The molecule has 3 N–H and O–H groups in total. The number of aliphatic hydroxyl groups excluding tert-OH is 2. The van der Waals surface area contributed by atoms with Crippen molar-refractivity contribution < 1.29 is 24.5 Å². The van der Waals surface area contributed by atoms with Crippen LogP contribution in [-0.2, 0) is 16.0 Å². The van der Waals surface area contributed by atoms with Crippen LogP contribution < -0.4 is 5.32 Å². The lowest BCUT2D eigenvalue weighted by Gasteiger charge is -2.32. The topological polar surface area (TPSA) is 106 Å². The number of hydrogen-bond acceptors (Lipinski definition) is 6. The van der Waals surface area contributed by atoms with E-state index in [1.807, 2.05) is 10.6 Å². The third kappa shape index (κ3) is 4.16. The summed E-state index contributed by atoms with van der Waals surface area (Å²) >= 11 is 0. The van der Waals surface area contributed by atoms with Gasteiger partial charge in [-0.15, -0.1) is 0 Å². The maximum absolute atomic E-state index is 12.6. The molecule has 1 saturated heterocycles. The number of hydrogen-bond donors (Lipinski definition) is 3. The highest BCUT2D eigenvalue weighted by molar-refractivity contribution is 5.97. The molecule has 1 aromatic carbocycles. The van der Waals surface area contributed by atoms with Crippen molar-refractivity contribution >= 4 is 16.9 Å². The van der Waals surface area contributed by atoms with E-state index in [4.69, 9.17) is 19.7 Å². The van der Waals surface area contributed by atoms with Gasteiger partial charge in [-0.25, -0.2) is 4.98 Å². The molecule has 0 aliphatic carbocycles. The van der Waals surface area contributed by atoms with E-state index in [-0.39, 0.29) is 37.9 Å². The molecule has 1 aliphatic rings. The summed E-state index contributed by atoms with van der Waals surface area (Å²) in [5.41, 5.74) is 2.11. The zero-order valence-corrected chi connectivity index (χ0v) is 13.9. The van der Waals surface area contributed by atoms with E-state index >= 15 is 0 Å². The highest BCUT2D eigenvalue weighted by Crippen LogP contribution is 2.17. The van der Waals surface area contributed by atoms with Gasteiger partial charge in [0.25, 0.3) is 5.91 Å². The number of nitrogens with zero attached hydrogens (tertiary/aromatic N) is 2. The number of carbonyl (C=O) groups is 1. The Morgan fingerprint density at radius 2 is 2.28 bits per heavy atom. The van der Waals surface area contributed by atoms with Gasteiger partial charge in [0.1, 0.15) is 6.10 Å². The fourth-order valence-electron chi connectivity index (χ4n) is 2.99. The summed E-state index contributed by atoms with van der Waals surface area (Å²) in [6, 6.07) is 5.16. The predicted molar refractivity (Wildman–Crippen MR) is 90.3 cm³/mol. The van der Waals surface area contributed by atoms with Gasteiger partial charge in [0, 0.05) is 18.7 Å². The molecule has 0 unspecified atom stereocenters. The predicted octanol–water partition coefficient (Wildman–Crippen LogP) is -0.0752. The Morgan fingerprint density at radius 3 is 3.08 bits per heavy atom. The summed E-state index contributed by atoms with van der Waals surface area (Å²) in [6.07, 6.45) is 2.05. The van der Waals surface area contributed by atoms with Crippen molar-refractivity contribution in [1.29, 1.82) is 0 Å². The number of benzene rings is 1. The van der Waals surface area contributed by atoms with Crippen LogP contribution in [0.2, 0.25) is 0 Å². The molecule has 1 aromatic heterocycles. The highest BCUT2D eigenvalue weighted by Gasteiger charge is 2.28. The summed E-state index contributed by atoms with van der Waals surface area (Å²) in [4.78, 5) is 16.9. The molecule has 1 aliphatic heterocycles. The van der Waals surface area contributed by atoms with Gasteiger partial charge >= 0.3 is 0 Å². The SMILES string of the molecule is O=C(N[C@@H]1CCOC[C@H]1OCCO)c1ccc2c(c1)ncn2CCO. The molecule has 8 nitrogen and oxygen atoms in total. The number of carbonyl (C=O) groups excluding carboxylic acids is 1. The van der Waals surface area contributed by atoms with Crippen LogP contribution in [0.5, 0.6) is 0 Å². The van der Waals surface area contributed by atoms with Crippen molar-refractivity contribution in [1.82, 2.24) is 14.9 Å². The quantitative estimate of drug-likeness (QED) is 0.646. The van der Waals surface area contributed by atoms with Gasteiger partial charge < -0.3 is 29.6 Å². The van der Waals surface area contributed by atoms with E-state index in [1.54, 1.807) is 18.5 Å². The zero-order chi connectivity index (χ0) is 17.6. The van der Waals surface area contributed by atoms with Gasteiger partial charge in [0.2, 0.25) is 0 Å². The van der Waals surface area contributed by atoms with Gasteiger partial charge in [-0.2, -0.15) is 0 Å². The first-order valence-corrected chi connectivity index (χ1v) is 8.39. The first-order chi connectivity index (χ1) is 12.2. The number of imidazole rings is 1. The van der Waals surface area contributed by atoms with Crippen LogP contribution in [0.1, 0.15) is 16.8 Å². The van der Waals surface area contributed by atoms with Crippen molar-refractivity contribution in [2.75, 3.05) is 33.0 Å². The average Bonchev–Trinajstić information content (AvgIpc) is 3.03. The number of nitrogens with one attached hydrogen (secondary N) is 1. The molecule has 25 heavy (non-hydrogen) atoms. The van der Waals surface area contributed by atoms with Crippen LogP contribution in [0.4, 0.5) is 0 Å². The fourth-order valence-corrected chi connectivity index (χ4v) is 2.99. The van der Waals surface area contributed by atoms with Crippen molar-refractivity contribution in [2.24, 2.45) is 0 Å². The first kappa shape index (κ1) is 17.8. The number of aliphatic hydroxyl groups is 2. The van der Waals surface area contributed by atoms with Gasteiger partial charge in [-0.3, -0.25) is 4.79 Å². The Labute approximate surface area is 145 Å². The monoisotopic (exact) mass is 349 g/mol. The smallest absolute Gasteiger partial charge is 0.251 e. The van der Waals surface area contributed by atoms with Crippen molar-refractivity contribution in [2.45, 2.75) is 25.1 Å². The fraction of sp³-hybridized carbons (Fsp3) is 0.529. The van der Waals surface area contributed by atoms with Crippen LogP contribution in [0.25, 0.3) is 11.0 Å². The molecular formula is C17H23N3O5. The minimum atomic E-state index is -0.266. The third-order valence-electron chi connectivity index (χ3n) is 4.27. The molecule has 1 amide bonds. The van der Waals surface area contributed by atoms with Gasteiger partial charge in [-0.05, 0) is 24.6 Å². The van der Waals surface area contributed by atoms with Crippen LogP contribution >= 0.6 is 0 Å². The molecule has 0 spiro atoms. The minimum absolute atomic E-state index is 0.0344. The number of aromatic nitrogens is 2. The molecule has 136 valence electrons. The first-order valence-electron chi connectivity index (χ1n) is 8.39. The summed E-state index contributed by atoms with van der Waals surface area (Å²) < 4.78 is 12.8. The molecule has 3 rings (SSSR count). The average molecular weight is 349 g/mol. The van der Waals surface area contributed by atoms with E-state index in [0.29, 0.717) is 37.3 Å². The lowest BCUT2D eigenvalue weighted by molar-refractivity contribution is -0.0737. The highest BCUT2D eigenvalue weighted by atomic mass is 16.5. The molecule has 1 fully saturated rings. The summed E-state index contributed by atoms with van der Waals surface area (Å²) in [5.74, 6) is -0.192. The van der Waals surface area contributed by atoms with E-state index in [0.717, 1.165) is 5.52 Å². The summed E-state index contributed by atoms with van der Waals surface area (Å²) in [5, 5.41) is 21.0. The van der Waals surface area contributed by atoms with Gasteiger partial charge in [-0.1, -0.05) is 0 Å². The second-order valence-corrected chi connectivity index (χ2v) is 5.94. The molecule has 2 atom stereocenters. The third-order valence-corrected chi connectivity index (χ3v) is 4.27. The molecule has 2 aromatic rings. The second-order valence-electron chi connectivity index (χ2n) is 5.94. The van der Waals surface area contributed by atoms with Gasteiger partial charge in [0.05, 0.1) is 49.8 Å².